The summed E-state index contributed by atoms with van der Waals surface area (Å²) in [4.78, 5) is 287. The van der Waals surface area contributed by atoms with E-state index in [-0.39, 0.29) is 90.0 Å². The number of amides is 18. The van der Waals surface area contributed by atoms with E-state index in [1.807, 2.05) is 0 Å². The highest BCUT2D eigenvalue weighted by Gasteiger charge is 2.54. The summed E-state index contributed by atoms with van der Waals surface area (Å²) in [6, 6.07) is -9.79. The highest BCUT2D eigenvalue weighted by atomic mass is 16.6. The van der Waals surface area contributed by atoms with Gasteiger partial charge in [0.1, 0.15) is 102 Å². The number of guanidine groups is 1. The van der Waals surface area contributed by atoms with E-state index in [0.717, 1.165) is 20.9 Å². The maximum absolute atomic E-state index is 14.3. The molecule has 3 heterocycles. The summed E-state index contributed by atoms with van der Waals surface area (Å²) >= 11 is 0. The summed E-state index contributed by atoms with van der Waals surface area (Å²) in [5.41, 5.74) is 17.5. The van der Waals surface area contributed by atoms with Gasteiger partial charge in [-0.1, -0.05) is 40.2 Å². The number of aromatic amines is 1. The Kier molecular flexibility index (Phi) is 38.7. The number of nitrogens with one attached hydrogen (secondary N) is 18. The first-order valence-corrected chi connectivity index (χ1v) is 41.7. The van der Waals surface area contributed by atoms with Crippen molar-refractivity contribution in [1.29, 1.82) is 5.41 Å². The van der Waals surface area contributed by atoms with Crippen LogP contribution in [0.3, 0.4) is 0 Å². The number of hydrogen-bond acceptors (Lipinski definition) is 27. The summed E-state index contributed by atoms with van der Waals surface area (Å²) in [6.45, 7) is 11.3. The Morgan fingerprint density at radius 2 is 0.962 bits per heavy atom. The average Bonchev–Trinajstić information content (AvgIpc) is 1.57. The maximum Gasteiger partial charge on any atom is 0.340 e. The molecule has 0 unspecified atom stereocenters. The van der Waals surface area contributed by atoms with Crippen LogP contribution in [-0.2, 0) is 103 Å². The van der Waals surface area contributed by atoms with E-state index in [2.05, 4.69) is 95.1 Å². The molecule has 29 N–H and O–H groups in total. The number of hydrazine groups is 1. The molecule has 1 aromatic heterocycles. The van der Waals surface area contributed by atoms with Crippen molar-refractivity contribution >= 4 is 130 Å². The molecule has 0 fully saturated rings. The van der Waals surface area contributed by atoms with E-state index >= 15 is 0 Å². The Balaban J connectivity index is 1.03. The normalized spacial score (nSPS) is 15.0. The number of urea groups is 1. The minimum absolute atomic E-state index is 0.0777. The number of phenolic OH excluding ortho intramolecular Hbond substituents is 2. The van der Waals surface area contributed by atoms with Crippen LogP contribution in [0.4, 0.5) is 4.79 Å². The minimum atomic E-state index is -1.98. The van der Waals surface area contributed by atoms with Gasteiger partial charge in [-0.25, -0.2) is 24.4 Å². The van der Waals surface area contributed by atoms with Crippen molar-refractivity contribution in [1.82, 2.24) is 100 Å². The number of aromatic nitrogens is 2. The number of benzene rings is 3. The lowest BCUT2D eigenvalue weighted by Crippen LogP contribution is -2.61. The zero-order chi connectivity index (χ0) is 99.3. The molecule has 722 valence electrons. The fourth-order valence-electron chi connectivity index (χ4n) is 13.4. The minimum Gasteiger partial charge on any atom is -0.508 e. The number of carboxylic acids is 3. The van der Waals surface area contributed by atoms with Gasteiger partial charge in [0.2, 0.25) is 82.7 Å². The van der Waals surface area contributed by atoms with Crippen molar-refractivity contribution in [2.45, 2.75) is 217 Å². The number of aliphatic carboxylic acids is 3. The number of rotatable bonds is 49. The first-order chi connectivity index (χ1) is 62.4. The average molecular weight is 1870 g/mol. The fourth-order valence-corrected chi connectivity index (χ4v) is 13.4. The van der Waals surface area contributed by atoms with Gasteiger partial charge in [-0.05, 0) is 115 Å². The van der Waals surface area contributed by atoms with Gasteiger partial charge >= 0.3 is 29.9 Å². The van der Waals surface area contributed by atoms with E-state index in [9.17, 15) is 126 Å². The lowest BCUT2D eigenvalue weighted by Gasteiger charge is -2.36. The third-order valence-electron chi connectivity index (χ3n) is 20.9. The molecule has 4 aromatic rings. The van der Waals surface area contributed by atoms with Crippen molar-refractivity contribution < 1.29 is 136 Å². The number of esters is 1. The van der Waals surface area contributed by atoms with Gasteiger partial charge in [0.05, 0.1) is 30.6 Å². The lowest BCUT2D eigenvalue weighted by molar-refractivity contribution is -0.142. The predicted octanol–water partition coefficient (Wildman–Crippen LogP) is -5.76. The molecule has 18 amide bonds. The molecule has 0 aliphatic carbocycles. The third-order valence-corrected chi connectivity index (χ3v) is 20.9. The smallest absolute Gasteiger partial charge is 0.340 e. The van der Waals surface area contributed by atoms with Crippen molar-refractivity contribution in [3.05, 3.63) is 101 Å². The van der Waals surface area contributed by atoms with Gasteiger partial charge in [-0.3, -0.25) is 97.1 Å². The van der Waals surface area contributed by atoms with Crippen molar-refractivity contribution in [3.63, 3.8) is 0 Å². The third kappa shape index (κ3) is 30.7. The van der Waals surface area contributed by atoms with Crippen LogP contribution in [0.25, 0.3) is 0 Å². The first kappa shape index (κ1) is 106. The van der Waals surface area contributed by atoms with Crippen LogP contribution in [0, 0.1) is 17.2 Å². The quantitative estimate of drug-likeness (QED) is 0.00644. The molecule has 51 heteroatoms. The Morgan fingerprint density at radius 3 is 1.47 bits per heavy atom. The van der Waals surface area contributed by atoms with Crippen molar-refractivity contribution in [3.8, 4) is 23.0 Å². The van der Waals surface area contributed by atoms with Gasteiger partial charge in [0.25, 0.3) is 11.8 Å². The number of phenols is 2. The molecule has 0 bridgehead atoms. The Hall–Kier alpha value is -15.8. The van der Waals surface area contributed by atoms with Crippen molar-refractivity contribution in [2.24, 2.45) is 29.0 Å². The molecule has 0 saturated carbocycles. The molecule has 2 aliphatic heterocycles. The molecule has 1 spiro atoms. The van der Waals surface area contributed by atoms with Gasteiger partial charge in [0.15, 0.2) is 11.6 Å². The van der Waals surface area contributed by atoms with Crippen LogP contribution >= 0.6 is 0 Å². The number of carbonyl (C=O) groups is 21. The number of primary amides is 2. The summed E-state index contributed by atoms with van der Waals surface area (Å²) in [7, 11) is 1.07. The fraction of sp³-hybridized carbons (Fsp3) is 0.476. The number of H-pyrrole nitrogens is 1. The SMILES string of the molecule is CC[C@H](C)[C@H](NC(=O)[C@H](CCC(=O)O)NC(=O)[C@H](C)NC(=O)[C@H](Cc1c[nH]cn1)NC(=O)[C@H](C)NC(=O)[C@H](C)NC(=O)N(C)NC(=O)[C@@H](NC(=O)[C@H](C)NC(=O)[C@H](CCC(N)=O)NC(=O)c1ccc2c(c1)C(=O)OC21c2ccc(O)cc2Oc2cc(O)ccc21)C(C)C)C(=O)N[C@@H](CC(N)=O)C(=O)N[C@@H](CCC(=O)O)C(=O)N[C@@H](C)C(=O)NCC(=O)N[C@@H](CCCNC(=N)N)C(=O)O. The largest absolute Gasteiger partial charge is 0.508 e. The molecular weight excluding hydrogens is 1760 g/mol. The summed E-state index contributed by atoms with van der Waals surface area (Å²) in [5, 5.41) is 92.4. The van der Waals surface area contributed by atoms with Crippen LogP contribution in [0.2, 0.25) is 0 Å². The molecule has 0 radical (unpaired) electrons. The number of aromatic hydroxyl groups is 2. The zero-order valence-corrected chi connectivity index (χ0v) is 74.0. The molecule has 51 nitrogen and oxygen atoms in total. The topological polar surface area (TPSA) is 804 Å². The van der Waals surface area contributed by atoms with Crippen LogP contribution < -0.4 is 107 Å². The highest BCUT2D eigenvalue weighted by molar-refractivity contribution is 6.05. The Morgan fingerprint density at radius 1 is 0.496 bits per heavy atom. The van der Waals surface area contributed by atoms with Gasteiger partial charge in [-0.2, -0.15) is 0 Å². The Bertz CT molecular complexity index is 5040. The Labute approximate surface area is 758 Å². The molecule has 0 saturated heterocycles. The molecular formula is C82H111N23O28. The standard InChI is InChI=1S/C82H111N23O28/c1-11-36(4)64(76(126)101-55(31-59(84)109)75(125)99-51(21-24-61(111)112)72(122)92-37(5)65(115)89-33-60(110)96-53(78(128)129)13-12-26-88-80(85)86)103-73(123)52(22-25-62(113)114)97-67(117)39(7)94-74(124)54(28-43-32-87-34-90-43)100-68(118)38(6)91-66(116)41(9)95-81(131)105(10)104-77(127)63(35(2)3)102-69(119)40(8)93-71(121)50(20-23-58(83)108)98-70(120)42-14-17-47-46(27-42)79(130)133-82(47)48-18-15-44(106)29-56(48)132-57-30-45(107)16-19-49(57)82/h14-19,27,29-30,32,34-41,50-55,63-64,106-107H,11-13,20-26,28,31,33H2,1-10H3,(H2,83,108)(H2,84,109)(H,87,90)(H,89,115)(H,91,116)(H,92,122)(H,93,121)(H,94,124)(H,95,131)(H,96,110)(H,97,117)(H,98,120)(H,99,125)(H,100,118)(H,101,126)(H,102,119)(H,103,123)(H,104,127)(H,111,112)(H,113,114)(H,128,129)(H4,85,86,88)/t36-,37-,38-,39-,40-,41-,50-,51-,52-,53-,54-,55-,63-,64-/m0/s1. The van der Waals surface area contributed by atoms with E-state index in [4.69, 9.17) is 32.1 Å². The summed E-state index contributed by atoms with van der Waals surface area (Å²) in [5.74, 6) is -24.4. The second-order valence-corrected chi connectivity index (χ2v) is 31.8. The van der Waals surface area contributed by atoms with E-state index < -0.39 is 265 Å². The second kappa shape index (κ2) is 48.6. The number of imidazole rings is 1. The second-order valence-electron chi connectivity index (χ2n) is 31.8. The van der Waals surface area contributed by atoms with Crippen LogP contribution in [0.15, 0.2) is 67.1 Å². The predicted molar refractivity (Wildman–Crippen MR) is 459 cm³/mol. The molecule has 2 aliphatic rings. The number of carboxylic acid groups (broad SMARTS) is 3. The van der Waals surface area contributed by atoms with Gasteiger partial charge < -0.3 is 137 Å². The van der Waals surface area contributed by atoms with Gasteiger partial charge in [-0.15, -0.1) is 0 Å². The molecule has 6 rings (SSSR count). The lowest BCUT2D eigenvalue weighted by atomic mass is 9.77. The van der Waals surface area contributed by atoms with E-state index in [1.54, 1.807) is 6.92 Å². The monoisotopic (exact) mass is 1870 g/mol. The highest BCUT2D eigenvalue weighted by Crippen LogP contribution is 2.57. The molecule has 3 aromatic carbocycles. The maximum atomic E-state index is 14.3. The van der Waals surface area contributed by atoms with Crippen LogP contribution in [-0.4, -0.2) is 270 Å². The molecule has 133 heavy (non-hydrogen) atoms. The number of nitrogens with two attached hydrogens (primary N) is 3. The number of ether oxygens (including phenoxy) is 2. The number of carbonyl (C=O) groups excluding carboxylic acids is 18. The zero-order valence-electron chi connectivity index (χ0n) is 74.0. The van der Waals surface area contributed by atoms with E-state index in [1.165, 1.54) is 109 Å². The summed E-state index contributed by atoms with van der Waals surface area (Å²) in [6.07, 6.45) is -2.36. The van der Waals surface area contributed by atoms with Gasteiger partial charge in [0, 0.05) is 79.9 Å². The number of hydrogen-bond donors (Lipinski definition) is 26. The summed E-state index contributed by atoms with van der Waals surface area (Å²) < 4.78 is 12.1. The molecule has 14 atom stereocenters. The van der Waals surface area contributed by atoms with Crippen molar-refractivity contribution in [2.75, 3.05) is 20.1 Å². The van der Waals surface area contributed by atoms with Crippen LogP contribution in [0.5, 0.6) is 23.0 Å². The van der Waals surface area contributed by atoms with Crippen LogP contribution in [0.1, 0.15) is 170 Å². The van der Waals surface area contributed by atoms with E-state index in [0.29, 0.717) is 16.1 Å². The first-order valence-electron chi connectivity index (χ1n) is 41.7. The number of fused-ring (bicyclic) bond motifs is 6. The number of nitrogens with zero attached hydrogens (tertiary/aromatic N) is 2.